The van der Waals surface area contributed by atoms with E-state index in [0.717, 1.165) is 42.6 Å². The minimum absolute atomic E-state index is 0.0544. The van der Waals surface area contributed by atoms with Crippen molar-refractivity contribution in [2.24, 2.45) is 0 Å². The van der Waals surface area contributed by atoms with Gasteiger partial charge in [0.25, 0.3) is 0 Å². The van der Waals surface area contributed by atoms with Gasteiger partial charge in [-0.15, -0.1) is 0 Å². The van der Waals surface area contributed by atoms with Crippen molar-refractivity contribution < 1.29 is 4.79 Å². The number of carbonyl (C=O) groups is 1. The number of nitrogens with zero attached hydrogens (tertiary/aromatic N) is 2. The summed E-state index contributed by atoms with van der Waals surface area (Å²) >= 11 is 0. The van der Waals surface area contributed by atoms with Crippen LogP contribution in [0, 0.1) is 0 Å². The molecule has 5 heteroatoms. The summed E-state index contributed by atoms with van der Waals surface area (Å²) in [4.78, 5) is 16.5. The van der Waals surface area contributed by atoms with Crippen molar-refractivity contribution in [3.63, 3.8) is 0 Å². The first-order valence-electron chi connectivity index (χ1n) is 7.04. The van der Waals surface area contributed by atoms with Gasteiger partial charge in [0.2, 0.25) is 5.91 Å². The lowest BCUT2D eigenvalue weighted by atomic mass is 9.86. The van der Waals surface area contributed by atoms with Crippen molar-refractivity contribution in [2.75, 3.05) is 6.54 Å². The molecule has 2 aromatic rings. The lowest BCUT2D eigenvalue weighted by Crippen LogP contribution is -2.32. The SMILES string of the molecule is O=C(NCCc1ccccn1)C1CCCc2[nH]ncc21. The molecular weight excluding hydrogens is 252 g/mol. The molecule has 5 nitrogen and oxygen atoms in total. The van der Waals surface area contributed by atoms with Crippen LogP contribution in [0.1, 0.15) is 35.7 Å². The Morgan fingerprint density at radius 1 is 1.45 bits per heavy atom. The Labute approximate surface area is 117 Å². The van der Waals surface area contributed by atoms with E-state index in [1.165, 1.54) is 0 Å². The van der Waals surface area contributed by atoms with Crippen LogP contribution >= 0.6 is 0 Å². The highest BCUT2D eigenvalue weighted by Gasteiger charge is 2.27. The molecule has 2 heterocycles. The van der Waals surface area contributed by atoms with Crippen LogP contribution < -0.4 is 5.32 Å². The number of amides is 1. The Balaban J connectivity index is 1.56. The molecule has 0 saturated heterocycles. The fourth-order valence-corrected chi connectivity index (χ4v) is 2.72. The number of aromatic nitrogens is 3. The molecule has 20 heavy (non-hydrogen) atoms. The summed E-state index contributed by atoms with van der Waals surface area (Å²) in [6.07, 6.45) is 7.26. The average Bonchev–Trinajstić information content (AvgIpc) is 2.96. The number of aromatic amines is 1. The monoisotopic (exact) mass is 270 g/mol. The molecule has 1 unspecified atom stereocenters. The molecule has 1 atom stereocenters. The van der Waals surface area contributed by atoms with E-state index < -0.39 is 0 Å². The average molecular weight is 270 g/mol. The first-order valence-corrected chi connectivity index (χ1v) is 7.04. The van der Waals surface area contributed by atoms with Crippen LogP contribution in [0.4, 0.5) is 0 Å². The lowest BCUT2D eigenvalue weighted by Gasteiger charge is -2.21. The molecular formula is C15H18N4O. The second-order valence-corrected chi connectivity index (χ2v) is 5.11. The fraction of sp³-hybridized carbons (Fsp3) is 0.400. The summed E-state index contributed by atoms with van der Waals surface area (Å²) in [6, 6.07) is 5.83. The zero-order chi connectivity index (χ0) is 13.8. The molecule has 104 valence electrons. The molecule has 0 saturated carbocycles. The van der Waals surface area contributed by atoms with Gasteiger partial charge in [-0.1, -0.05) is 6.07 Å². The van der Waals surface area contributed by atoms with E-state index in [1.807, 2.05) is 18.2 Å². The van der Waals surface area contributed by atoms with Crippen molar-refractivity contribution >= 4 is 5.91 Å². The van der Waals surface area contributed by atoms with Crippen LogP contribution in [0.2, 0.25) is 0 Å². The van der Waals surface area contributed by atoms with Crippen molar-refractivity contribution in [1.82, 2.24) is 20.5 Å². The van der Waals surface area contributed by atoms with Crippen molar-refractivity contribution in [2.45, 2.75) is 31.6 Å². The molecule has 2 N–H and O–H groups in total. The van der Waals surface area contributed by atoms with Crippen molar-refractivity contribution in [3.05, 3.63) is 47.5 Å². The third-order valence-electron chi connectivity index (χ3n) is 3.77. The van der Waals surface area contributed by atoms with Crippen LogP contribution in [-0.4, -0.2) is 27.6 Å². The van der Waals surface area contributed by atoms with Gasteiger partial charge in [-0.3, -0.25) is 14.9 Å². The van der Waals surface area contributed by atoms with E-state index in [9.17, 15) is 4.79 Å². The Bertz CT molecular complexity index is 579. The van der Waals surface area contributed by atoms with Crippen LogP contribution in [-0.2, 0) is 17.6 Å². The van der Waals surface area contributed by atoms with Gasteiger partial charge in [-0.2, -0.15) is 5.10 Å². The number of hydrogen-bond acceptors (Lipinski definition) is 3. The molecule has 1 amide bonds. The quantitative estimate of drug-likeness (QED) is 0.886. The lowest BCUT2D eigenvalue weighted by molar-refractivity contribution is -0.122. The summed E-state index contributed by atoms with van der Waals surface area (Å²) in [7, 11) is 0. The minimum Gasteiger partial charge on any atom is -0.355 e. The Hall–Kier alpha value is -2.17. The molecule has 2 aromatic heterocycles. The van der Waals surface area contributed by atoms with Gasteiger partial charge in [-0.05, 0) is 31.4 Å². The summed E-state index contributed by atoms with van der Waals surface area (Å²) in [5.41, 5.74) is 3.17. The van der Waals surface area contributed by atoms with Crippen LogP contribution in [0.25, 0.3) is 0 Å². The molecule has 0 radical (unpaired) electrons. The second kappa shape index (κ2) is 5.86. The number of rotatable bonds is 4. The number of hydrogen-bond donors (Lipinski definition) is 2. The molecule has 1 aliphatic rings. The number of fused-ring (bicyclic) bond motifs is 1. The van der Waals surface area contributed by atoms with E-state index in [4.69, 9.17) is 0 Å². The van der Waals surface area contributed by atoms with Gasteiger partial charge in [0.05, 0.1) is 12.1 Å². The van der Waals surface area contributed by atoms with Crippen LogP contribution in [0.15, 0.2) is 30.6 Å². The molecule has 0 spiro atoms. The summed E-state index contributed by atoms with van der Waals surface area (Å²) in [5, 5.41) is 10.0. The molecule has 1 aliphatic carbocycles. The smallest absolute Gasteiger partial charge is 0.227 e. The van der Waals surface area contributed by atoms with Gasteiger partial charge in [0, 0.05) is 36.1 Å². The topological polar surface area (TPSA) is 70.7 Å². The highest BCUT2D eigenvalue weighted by molar-refractivity contribution is 5.84. The molecule has 0 fully saturated rings. The molecule has 3 rings (SSSR count). The van der Waals surface area contributed by atoms with E-state index in [-0.39, 0.29) is 11.8 Å². The number of carbonyl (C=O) groups excluding carboxylic acids is 1. The second-order valence-electron chi connectivity index (χ2n) is 5.11. The maximum atomic E-state index is 12.3. The van der Waals surface area contributed by atoms with E-state index >= 15 is 0 Å². The highest BCUT2D eigenvalue weighted by Crippen LogP contribution is 2.30. The van der Waals surface area contributed by atoms with Crippen LogP contribution in [0.3, 0.4) is 0 Å². The number of aryl methyl sites for hydroxylation is 1. The maximum Gasteiger partial charge on any atom is 0.227 e. The third kappa shape index (κ3) is 2.71. The number of nitrogens with one attached hydrogen (secondary N) is 2. The number of H-pyrrole nitrogens is 1. The Kier molecular flexibility index (Phi) is 3.76. The standard InChI is InChI=1S/C15H18N4O/c20-15(17-9-7-11-4-1-2-8-16-11)12-5-3-6-14-13(12)10-18-19-14/h1-2,4,8,10,12H,3,5-7,9H2,(H,17,20)(H,18,19). The largest absolute Gasteiger partial charge is 0.355 e. The first kappa shape index (κ1) is 12.8. The molecule has 0 aliphatic heterocycles. The van der Waals surface area contributed by atoms with E-state index in [1.54, 1.807) is 12.4 Å². The summed E-state index contributed by atoms with van der Waals surface area (Å²) in [5.74, 6) is 0.0458. The van der Waals surface area contributed by atoms with Crippen molar-refractivity contribution in [3.8, 4) is 0 Å². The summed E-state index contributed by atoms with van der Waals surface area (Å²) < 4.78 is 0. The predicted molar refractivity (Wildman–Crippen MR) is 75.2 cm³/mol. The molecule has 0 aromatic carbocycles. The van der Waals surface area contributed by atoms with Gasteiger partial charge in [0.1, 0.15) is 0 Å². The normalized spacial score (nSPS) is 17.5. The Morgan fingerprint density at radius 3 is 3.25 bits per heavy atom. The third-order valence-corrected chi connectivity index (χ3v) is 3.77. The zero-order valence-electron chi connectivity index (χ0n) is 11.3. The maximum absolute atomic E-state index is 12.3. The van der Waals surface area contributed by atoms with Gasteiger partial charge in [-0.25, -0.2) is 0 Å². The Morgan fingerprint density at radius 2 is 2.40 bits per heavy atom. The van der Waals surface area contributed by atoms with Gasteiger partial charge in [0.15, 0.2) is 0 Å². The van der Waals surface area contributed by atoms with Gasteiger partial charge < -0.3 is 5.32 Å². The first-order chi connectivity index (χ1) is 9.84. The van der Waals surface area contributed by atoms with Crippen LogP contribution in [0.5, 0.6) is 0 Å². The van der Waals surface area contributed by atoms with Gasteiger partial charge >= 0.3 is 0 Å². The van der Waals surface area contributed by atoms with E-state index in [0.29, 0.717) is 6.54 Å². The molecule has 0 bridgehead atoms. The number of pyridine rings is 1. The van der Waals surface area contributed by atoms with Crippen molar-refractivity contribution in [1.29, 1.82) is 0 Å². The fourth-order valence-electron chi connectivity index (χ4n) is 2.72. The van der Waals surface area contributed by atoms with E-state index in [2.05, 4.69) is 20.5 Å². The summed E-state index contributed by atoms with van der Waals surface area (Å²) in [6.45, 7) is 0.625. The predicted octanol–water partition coefficient (Wildman–Crippen LogP) is 1.58. The zero-order valence-corrected chi connectivity index (χ0v) is 11.3. The minimum atomic E-state index is -0.0544. The highest BCUT2D eigenvalue weighted by atomic mass is 16.1.